The number of nitrogens with two attached hydrogens (primary N) is 1. The van der Waals surface area contributed by atoms with Crippen molar-refractivity contribution in [1.29, 1.82) is 0 Å². The molecule has 2 atom stereocenters. The van der Waals surface area contributed by atoms with Crippen molar-refractivity contribution in [3.05, 3.63) is 17.7 Å². The average Bonchev–Trinajstić information content (AvgIpc) is 2.89. The van der Waals surface area contributed by atoms with E-state index in [-0.39, 0.29) is 18.1 Å². The first-order chi connectivity index (χ1) is 11.4. The van der Waals surface area contributed by atoms with Crippen LogP contribution in [0.1, 0.15) is 25.8 Å². The van der Waals surface area contributed by atoms with Gasteiger partial charge in [-0.3, -0.25) is 4.79 Å². The second-order valence-corrected chi connectivity index (χ2v) is 6.53. The minimum Gasteiger partial charge on any atom is -0.494 e. The van der Waals surface area contributed by atoms with Crippen LogP contribution < -0.4 is 15.2 Å². The third-order valence-corrected chi connectivity index (χ3v) is 4.57. The number of nitrogen functional groups attached to an aromatic ring is 1. The highest BCUT2D eigenvalue weighted by Gasteiger charge is 2.47. The summed E-state index contributed by atoms with van der Waals surface area (Å²) in [6.07, 6.45) is 0.359. The second-order valence-electron chi connectivity index (χ2n) is 6.53. The van der Waals surface area contributed by atoms with Crippen LogP contribution in [0.5, 0.6) is 11.5 Å². The van der Waals surface area contributed by atoms with Crippen LogP contribution in [-0.4, -0.2) is 49.6 Å². The molecule has 1 unspecified atom stereocenters. The van der Waals surface area contributed by atoms with Crippen molar-refractivity contribution in [2.45, 2.75) is 44.7 Å². The summed E-state index contributed by atoms with van der Waals surface area (Å²) in [6.45, 7) is 4.67. The summed E-state index contributed by atoms with van der Waals surface area (Å²) in [7, 11) is 3.11. The molecule has 2 aliphatic heterocycles. The Morgan fingerprint density at radius 2 is 2.08 bits per heavy atom. The first-order valence-corrected chi connectivity index (χ1v) is 7.97. The fourth-order valence-electron chi connectivity index (χ4n) is 3.28. The van der Waals surface area contributed by atoms with E-state index in [0.717, 1.165) is 5.56 Å². The lowest BCUT2D eigenvalue weighted by molar-refractivity contribution is -0.169. The van der Waals surface area contributed by atoms with Crippen LogP contribution in [0.15, 0.2) is 12.1 Å². The molecule has 7 nitrogen and oxygen atoms in total. The predicted octanol–water partition coefficient (Wildman–Crippen LogP) is 1.54. The van der Waals surface area contributed by atoms with Gasteiger partial charge in [-0.1, -0.05) is 0 Å². The van der Waals surface area contributed by atoms with Crippen molar-refractivity contribution < 1.29 is 23.7 Å². The molecule has 0 saturated carbocycles. The van der Waals surface area contributed by atoms with E-state index in [9.17, 15) is 4.79 Å². The quantitative estimate of drug-likeness (QED) is 0.649. The number of hydrogen-bond acceptors (Lipinski definition) is 6. The van der Waals surface area contributed by atoms with Gasteiger partial charge >= 0.3 is 0 Å². The molecule has 1 amide bonds. The Kier molecular flexibility index (Phi) is 4.31. The molecule has 0 aliphatic carbocycles. The molecule has 132 valence electrons. The number of methoxy groups -OCH3 is 2. The van der Waals surface area contributed by atoms with Crippen LogP contribution in [-0.2, 0) is 20.8 Å². The summed E-state index contributed by atoms with van der Waals surface area (Å²) < 4.78 is 22.1. The molecular weight excluding hydrogens is 312 g/mol. The number of rotatable bonds is 5. The molecule has 3 rings (SSSR count). The number of amides is 1. The van der Waals surface area contributed by atoms with E-state index in [1.807, 2.05) is 19.9 Å². The zero-order valence-electron chi connectivity index (χ0n) is 14.5. The second kappa shape index (κ2) is 6.14. The Balaban J connectivity index is 1.78. The number of anilines is 1. The van der Waals surface area contributed by atoms with E-state index in [1.165, 1.54) is 0 Å². The maximum atomic E-state index is 12.1. The van der Waals surface area contributed by atoms with Gasteiger partial charge < -0.3 is 29.6 Å². The van der Waals surface area contributed by atoms with E-state index < -0.39 is 5.79 Å². The number of carbonyl (C=O) groups excluding carboxylic acids is 1. The van der Waals surface area contributed by atoms with Gasteiger partial charge in [0.15, 0.2) is 11.5 Å². The summed E-state index contributed by atoms with van der Waals surface area (Å²) in [4.78, 5) is 13.9. The lowest BCUT2D eigenvalue weighted by atomic mass is 9.95. The summed E-state index contributed by atoms with van der Waals surface area (Å²) in [5.41, 5.74) is 7.34. The molecule has 0 radical (unpaired) electrons. The normalized spacial score (nSPS) is 25.5. The van der Waals surface area contributed by atoms with Crippen LogP contribution in [0, 0.1) is 0 Å². The monoisotopic (exact) mass is 336 g/mol. The van der Waals surface area contributed by atoms with Crippen molar-refractivity contribution in [3.63, 3.8) is 0 Å². The highest BCUT2D eigenvalue weighted by molar-refractivity contribution is 5.83. The minimum atomic E-state index is -0.600. The molecule has 1 aromatic carbocycles. The molecule has 24 heavy (non-hydrogen) atoms. The van der Waals surface area contributed by atoms with Crippen molar-refractivity contribution >= 4 is 11.6 Å². The standard InChI is InChI=1S/C17H24N2O5/c1-17(2)23-9-13(24-17)11-7-14(20)19(11)8-10-5-6-12(21-3)15(18)16(10)22-4/h5-6,11,13H,7-9,18H2,1-4H3/t11?,13-/m0/s1. The van der Waals surface area contributed by atoms with Gasteiger partial charge in [-0.05, 0) is 26.0 Å². The summed E-state index contributed by atoms with van der Waals surface area (Å²) in [5, 5.41) is 0. The summed E-state index contributed by atoms with van der Waals surface area (Å²) in [5.74, 6) is 0.579. The van der Waals surface area contributed by atoms with Gasteiger partial charge in [0.1, 0.15) is 17.5 Å². The van der Waals surface area contributed by atoms with Crippen molar-refractivity contribution in [1.82, 2.24) is 4.90 Å². The van der Waals surface area contributed by atoms with Crippen molar-refractivity contribution in [3.8, 4) is 11.5 Å². The van der Waals surface area contributed by atoms with Gasteiger partial charge in [0.05, 0.1) is 26.9 Å². The summed E-state index contributed by atoms with van der Waals surface area (Å²) in [6, 6.07) is 3.66. The van der Waals surface area contributed by atoms with E-state index >= 15 is 0 Å². The Hall–Kier alpha value is -1.99. The number of ether oxygens (including phenoxy) is 4. The third-order valence-electron chi connectivity index (χ3n) is 4.57. The van der Waals surface area contributed by atoms with Gasteiger partial charge in [-0.25, -0.2) is 0 Å². The Morgan fingerprint density at radius 1 is 1.33 bits per heavy atom. The molecule has 2 N–H and O–H groups in total. The number of β-lactam (4-membered cyclic amide) rings is 1. The largest absolute Gasteiger partial charge is 0.494 e. The molecule has 2 saturated heterocycles. The van der Waals surface area contributed by atoms with Crippen LogP contribution >= 0.6 is 0 Å². The number of benzene rings is 1. The zero-order valence-corrected chi connectivity index (χ0v) is 14.5. The first kappa shape index (κ1) is 16.9. The number of likely N-dealkylation sites (tertiary alicyclic amines) is 1. The predicted molar refractivity (Wildman–Crippen MR) is 87.8 cm³/mol. The van der Waals surface area contributed by atoms with E-state index in [0.29, 0.717) is 36.8 Å². The smallest absolute Gasteiger partial charge is 0.225 e. The molecule has 0 spiro atoms. The maximum Gasteiger partial charge on any atom is 0.225 e. The third kappa shape index (κ3) is 2.89. The minimum absolute atomic E-state index is 0.00677. The fraction of sp³-hybridized carbons (Fsp3) is 0.588. The zero-order chi connectivity index (χ0) is 17.5. The van der Waals surface area contributed by atoms with E-state index in [1.54, 1.807) is 25.2 Å². The highest BCUT2D eigenvalue weighted by atomic mass is 16.7. The number of carbonyl (C=O) groups is 1. The van der Waals surface area contributed by atoms with E-state index in [2.05, 4.69) is 0 Å². The topological polar surface area (TPSA) is 83.2 Å². The van der Waals surface area contributed by atoms with Crippen molar-refractivity contribution in [2.24, 2.45) is 0 Å². The highest BCUT2D eigenvalue weighted by Crippen LogP contribution is 2.38. The molecule has 0 bridgehead atoms. The average molecular weight is 336 g/mol. The molecule has 2 fully saturated rings. The van der Waals surface area contributed by atoms with Gasteiger partial charge in [0, 0.05) is 18.5 Å². The van der Waals surface area contributed by atoms with Crippen molar-refractivity contribution in [2.75, 3.05) is 26.6 Å². The molecule has 2 aliphatic rings. The molecular formula is C17H24N2O5. The Bertz CT molecular complexity index is 646. The summed E-state index contributed by atoms with van der Waals surface area (Å²) >= 11 is 0. The molecule has 0 aromatic heterocycles. The number of hydrogen-bond donors (Lipinski definition) is 1. The number of nitrogens with zero attached hydrogens (tertiary/aromatic N) is 1. The van der Waals surface area contributed by atoms with Gasteiger partial charge in [-0.15, -0.1) is 0 Å². The Morgan fingerprint density at radius 3 is 2.62 bits per heavy atom. The lowest BCUT2D eigenvalue weighted by Gasteiger charge is -2.43. The van der Waals surface area contributed by atoms with Crippen LogP contribution in [0.2, 0.25) is 0 Å². The molecule has 1 aromatic rings. The van der Waals surface area contributed by atoms with E-state index in [4.69, 9.17) is 24.7 Å². The fourth-order valence-corrected chi connectivity index (χ4v) is 3.28. The molecule has 2 heterocycles. The maximum absolute atomic E-state index is 12.1. The van der Waals surface area contributed by atoms with Gasteiger partial charge in [0.25, 0.3) is 0 Å². The first-order valence-electron chi connectivity index (χ1n) is 7.97. The van der Waals surface area contributed by atoms with Gasteiger partial charge in [0.2, 0.25) is 5.91 Å². The van der Waals surface area contributed by atoms with Crippen LogP contribution in [0.4, 0.5) is 5.69 Å². The molecule has 7 heteroatoms. The lowest BCUT2D eigenvalue weighted by Crippen LogP contribution is -2.58. The van der Waals surface area contributed by atoms with Crippen LogP contribution in [0.3, 0.4) is 0 Å². The van der Waals surface area contributed by atoms with Crippen LogP contribution in [0.25, 0.3) is 0 Å². The SMILES string of the molecule is COc1ccc(CN2C(=O)CC2[C@@H]2COC(C)(C)O2)c(OC)c1N. The Labute approximate surface area is 141 Å². The van der Waals surface area contributed by atoms with Gasteiger partial charge in [-0.2, -0.15) is 0 Å².